The van der Waals surface area contributed by atoms with Crippen LogP contribution in [0.4, 0.5) is 0 Å². The molecule has 0 heterocycles. The zero-order chi connectivity index (χ0) is 13.8. The predicted molar refractivity (Wildman–Crippen MR) is 77.4 cm³/mol. The Hall–Kier alpha value is -1.03. The molecule has 1 aromatic carbocycles. The first-order valence-electron chi connectivity index (χ1n) is 6.16. The van der Waals surface area contributed by atoms with Gasteiger partial charge in [0.05, 0.1) is 0 Å². The highest BCUT2D eigenvalue weighted by Crippen LogP contribution is 2.21. The Morgan fingerprint density at radius 2 is 2.00 bits per heavy atom. The number of alkyl halides is 1. The molecule has 0 atom stereocenters. The van der Waals surface area contributed by atoms with Crippen LogP contribution in [0, 0.1) is 6.92 Å². The molecular weight excluding hydrogens is 294 g/mol. The quantitative estimate of drug-likeness (QED) is 0.819. The van der Waals surface area contributed by atoms with E-state index in [2.05, 4.69) is 35.1 Å². The van der Waals surface area contributed by atoms with Crippen LogP contribution < -0.4 is 5.32 Å². The number of hydrogen-bond acceptors (Lipinski definition) is 2. The predicted octanol–water partition coefficient (Wildman–Crippen LogP) is 3.38. The highest BCUT2D eigenvalue weighted by Gasteiger charge is 2.27. The molecule has 0 fully saturated rings. The molecule has 1 amide bonds. The molecule has 1 rings (SSSR count). The minimum Gasteiger partial charge on any atom is -0.508 e. The zero-order valence-corrected chi connectivity index (χ0v) is 12.7. The topological polar surface area (TPSA) is 49.3 Å². The lowest BCUT2D eigenvalue weighted by atomic mass is 9.94. The van der Waals surface area contributed by atoms with Gasteiger partial charge < -0.3 is 10.4 Å². The lowest BCUT2D eigenvalue weighted by Gasteiger charge is -2.31. The van der Waals surface area contributed by atoms with Crippen molar-refractivity contribution in [3.05, 3.63) is 29.3 Å². The maximum Gasteiger partial charge on any atom is 0.252 e. The molecule has 0 unspecified atom stereocenters. The van der Waals surface area contributed by atoms with E-state index in [1.165, 1.54) is 6.07 Å². The number of benzene rings is 1. The van der Waals surface area contributed by atoms with E-state index in [0.29, 0.717) is 5.56 Å². The fourth-order valence-electron chi connectivity index (χ4n) is 1.86. The van der Waals surface area contributed by atoms with Crippen LogP contribution in [-0.4, -0.2) is 21.9 Å². The number of phenolic OH excluding ortho intramolecular Hbond substituents is 1. The van der Waals surface area contributed by atoms with E-state index in [-0.39, 0.29) is 17.2 Å². The summed E-state index contributed by atoms with van der Waals surface area (Å²) in [5.41, 5.74) is 1.18. The first-order chi connectivity index (χ1) is 8.48. The van der Waals surface area contributed by atoms with Crippen LogP contribution >= 0.6 is 15.9 Å². The fraction of sp³-hybridized carbons (Fsp3) is 0.500. The molecule has 3 nitrogen and oxygen atoms in total. The minimum atomic E-state index is -0.207. The molecule has 0 aliphatic carbocycles. The number of hydrogen-bond donors (Lipinski definition) is 2. The lowest BCUT2D eigenvalue weighted by molar-refractivity contribution is 0.0903. The van der Waals surface area contributed by atoms with Gasteiger partial charge in [0.2, 0.25) is 0 Å². The molecule has 0 saturated heterocycles. The molecule has 0 radical (unpaired) electrons. The normalized spacial score (nSPS) is 11.3. The van der Waals surface area contributed by atoms with Gasteiger partial charge in [-0.15, -0.1) is 0 Å². The van der Waals surface area contributed by atoms with Crippen molar-refractivity contribution in [2.24, 2.45) is 0 Å². The van der Waals surface area contributed by atoms with Gasteiger partial charge in [-0.3, -0.25) is 4.79 Å². The number of carbonyl (C=O) groups is 1. The summed E-state index contributed by atoms with van der Waals surface area (Å²) in [5.74, 6) is 0.0948. The van der Waals surface area contributed by atoms with Gasteiger partial charge in [0, 0.05) is 16.4 Å². The third-order valence-corrected chi connectivity index (χ3v) is 4.52. The zero-order valence-electron chi connectivity index (χ0n) is 11.1. The molecular formula is C14H20BrNO2. The monoisotopic (exact) mass is 313 g/mol. The van der Waals surface area contributed by atoms with Crippen molar-refractivity contribution in [3.63, 3.8) is 0 Å². The third-order valence-electron chi connectivity index (χ3n) is 3.44. The molecule has 0 aromatic heterocycles. The number of aryl methyl sites for hydroxylation is 1. The maximum atomic E-state index is 12.3. The van der Waals surface area contributed by atoms with Crippen molar-refractivity contribution in [1.29, 1.82) is 0 Å². The highest BCUT2D eigenvalue weighted by molar-refractivity contribution is 9.09. The largest absolute Gasteiger partial charge is 0.508 e. The number of aromatic hydroxyl groups is 1. The molecule has 0 saturated carbocycles. The number of amides is 1. The minimum absolute atomic E-state index is 0.0874. The van der Waals surface area contributed by atoms with Crippen molar-refractivity contribution in [2.45, 2.75) is 39.2 Å². The third kappa shape index (κ3) is 3.25. The second-order valence-electron chi connectivity index (χ2n) is 4.57. The van der Waals surface area contributed by atoms with Gasteiger partial charge in [-0.25, -0.2) is 0 Å². The van der Waals surface area contributed by atoms with Crippen LogP contribution in [0.5, 0.6) is 5.75 Å². The molecule has 1 aromatic rings. The van der Waals surface area contributed by atoms with Gasteiger partial charge in [0.15, 0.2) is 0 Å². The first kappa shape index (κ1) is 15.0. The smallest absolute Gasteiger partial charge is 0.252 e. The van der Waals surface area contributed by atoms with Gasteiger partial charge in [-0.2, -0.15) is 0 Å². The van der Waals surface area contributed by atoms with E-state index in [1.54, 1.807) is 12.1 Å². The second kappa shape index (κ2) is 6.23. The van der Waals surface area contributed by atoms with Crippen molar-refractivity contribution in [3.8, 4) is 5.75 Å². The van der Waals surface area contributed by atoms with Gasteiger partial charge in [0.1, 0.15) is 5.75 Å². The SMILES string of the molecule is CCC(CC)(CBr)NC(=O)c1ccc(O)cc1C. The van der Waals surface area contributed by atoms with Crippen molar-refractivity contribution < 1.29 is 9.90 Å². The van der Waals surface area contributed by atoms with Gasteiger partial charge in [-0.1, -0.05) is 29.8 Å². The number of rotatable bonds is 5. The average Bonchev–Trinajstić information content (AvgIpc) is 2.36. The van der Waals surface area contributed by atoms with E-state index in [1.807, 2.05) is 6.92 Å². The van der Waals surface area contributed by atoms with Crippen molar-refractivity contribution in [1.82, 2.24) is 5.32 Å². The standard InChI is InChI=1S/C14H20BrNO2/c1-4-14(5-2,9-15)16-13(18)12-7-6-11(17)8-10(12)3/h6-8,17H,4-5,9H2,1-3H3,(H,16,18). The molecule has 0 aliphatic rings. The molecule has 18 heavy (non-hydrogen) atoms. The molecule has 2 N–H and O–H groups in total. The summed E-state index contributed by atoms with van der Waals surface area (Å²) in [4.78, 5) is 12.3. The molecule has 0 spiro atoms. The van der Waals surface area contributed by atoms with Crippen LogP contribution in [0.15, 0.2) is 18.2 Å². The Balaban J connectivity index is 2.94. The summed E-state index contributed by atoms with van der Waals surface area (Å²) >= 11 is 3.47. The Kier molecular flexibility index (Phi) is 5.20. The summed E-state index contributed by atoms with van der Waals surface area (Å²) < 4.78 is 0. The Morgan fingerprint density at radius 1 is 1.39 bits per heavy atom. The van der Waals surface area contributed by atoms with Crippen molar-refractivity contribution >= 4 is 21.8 Å². The average molecular weight is 314 g/mol. The molecule has 0 bridgehead atoms. The number of nitrogens with one attached hydrogen (secondary N) is 1. The molecule has 4 heteroatoms. The Bertz CT molecular complexity index is 420. The number of halogens is 1. The summed E-state index contributed by atoms with van der Waals surface area (Å²) in [6.07, 6.45) is 1.75. The van der Waals surface area contributed by atoms with Crippen LogP contribution in [0.25, 0.3) is 0 Å². The van der Waals surface area contributed by atoms with E-state index < -0.39 is 0 Å². The summed E-state index contributed by atoms with van der Waals surface area (Å²) in [6, 6.07) is 4.79. The lowest BCUT2D eigenvalue weighted by Crippen LogP contribution is -2.49. The van der Waals surface area contributed by atoms with E-state index >= 15 is 0 Å². The highest BCUT2D eigenvalue weighted by atomic mass is 79.9. The molecule has 0 aliphatic heterocycles. The van der Waals surface area contributed by atoms with Crippen LogP contribution in [0.1, 0.15) is 42.6 Å². The van der Waals surface area contributed by atoms with Gasteiger partial charge in [0.25, 0.3) is 5.91 Å². The first-order valence-corrected chi connectivity index (χ1v) is 7.28. The fourth-order valence-corrected chi connectivity index (χ4v) is 2.79. The Morgan fingerprint density at radius 3 is 2.44 bits per heavy atom. The van der Waals surface area contributed by atoms with Crippen LogP contribution in [0.3, 0.4) is 0 Å². The van der Waals surface area contributed by atoms with Gasteiger partial charge >= 0.3 is 0 Å². The van der Waals surface area contributed by atoms with E-state index in [9.17, 15) is 9.90 Å². The maximum absolute atomic E-state index is 12.3. The van der Waals surface area contributed by atoms with Gasteiger partial charge in [-0.05, 0) is 43.5 Å². The molecule has 100 valence electrons. The summed E-state index contributed by atoms with van der Waals surface area (Å²) in [5, 5.41) is 13.2. The summed E-state index contributed by atoms with van der Waals surface area (Å²) in [7, 11) is 0. The number of phenols is 1. The Labute approximate surface area is 117 Å². The van der Waals surface area contributed by atoms with Crippen LogP contribution in [-0.2, 0) is 0 Å². The van der Waals surface area contributed by atoms with Crippen molar-refractivity contribution in [2.75, 3.05) is 5.33 Å². The summed E-state index contributed by atoms with van der Waals surface area (Å²) in [6.45, 7) is 5.95. The van der Waals surface area contributed by atoms with E-state index in [0.717, 1.165) is 23.7 Å². The van der Waals surface area contributed by atoms with E-state index in [4.69, 9.17) is 0 Å². The number of carbonyl (C=O) groups excluding carboxylic acids is 1. The second-order valence-corrected chi connectivity index (χ2v) is 5.14. The van der Waals surface area contributed by atoms with Crippen LogP contribution in [0.2, 0.25) is 0 Å².